The van der Waals surface area contributed by atoms with Crippen LogP contribution >= 0.6 is 0 Å². The fourth-order valence-corrected chi connectivity index (χ4v) is 3.54. The van der Waals surface area contributed by atoms with Crippen LogP contribution in [0, 0.1) is 5.92 Å². The summed E-state index contributed by atoms with van der Waals surface area (Å²) < 4.78 is 0. The van der Waals surface area contributed by atoms with E-state index in [1.165, 1.54) is 6.42 Å². The lowest BCUT2D eigenvalue weighted by atomic mass is 9.89. The molecule has 1 aliphatic heterocycles. The Hall–Kier alpha value is -1.30. The maximum atomic E-state index is 12.2. The van der Waals surface area contributed by atoms with Crippen LogP contribution in [-0.2, 0) is 4.79 Å². The molecular formula is C17H32N4O2. The van der Waals surface area contributed by atoms with Crippen LogP contribution in [0.1, 0.15) is 44.9 Å². The van der Waals surface area contributed by atoms with E-state index in [4.69, 9.17) is 0 Å². The van der Waals surface area contributed by atoms with E-state index in [1.807, 2.05) is 4.90 Å². The van der Waals surface area contributed by atoms with Gasteiger partial charge in [0.25, 0.3) is 0 Å². The third-order valence-corrected chi connectivity index (χ3v) is 5.09. The average molecular weight is 324 g/mol. The smallest absolute Gasteiger partial charge is 0.317 e. The maximum absolute atomic E-state index is 12.2. The number of piperidine rings is 1. The molecule has 0 spiro atoms. The Bertz CT molecular complexity index is 394. The van der Waals surface area contributed by atoms with Gasteiger partial charge in [-0.3, -0.25) is 4.79 Å². The first-order valence-corrected chi connectivity index (χ1v) is 9.05. The summed E-state index contributed by atoms with van der Waals surface area (Å²) in [7, 11) is 4.12. The normalized spacial score (nSPS) is 22.9. The summed E-state index contributed by atoms with van der Waals surface area (Å²) in [5.74, 6) is 0.340. The lowest BCUT2D eigenvalue weighted by Gasteiger charge is -2.36. The Morgan fingerprint density at radius 2 is 1.70 bits per heavy atom. The van der Waals surface area contributed by atoms with Crippen LogP contribution in [0.15, 0.2) is 0 Å². The number of urea groups is 1. The van der Waals surface area contributed by atoms with Gasteiger partial charge < -0.3 is 20.4 Å². The van der Waals surface area contributed by atoms with Gasteiger partial charge in [-0.1, -0.05) is 19.3 Å². The third kappa shape index (κ3) is 5.68. The summed E-state index contributed by atoms with van der Waals surface area (Å²) >= 11 is 0. The molecule has 23 heavy (non-hydrogen) atoms. The highest BCUT2D eigenvalue weighted by molar-refractivity contribution is 5.78. The van der Waals surface area contributed by atoms with E-state index in [9.17, 15) is 9.59 Å². The number of likely N-dealkylation sites (N-methyl/N-ethyl adjacent to an activating group) is 1. The zero-order valence-corrected chi connectivity index (χ0v) is 14.6. The van der Waals surface area contributed by atoms with Crippen LogP contribution in [0.25, 0.3) is 0 Å². The first-order valence-electron chi connectivity index (χ1n) is 9.05. The molecule has 2 N–H and O–H groups in total. The predicted molar refractivity (Wildman–Crippen MR) is 91.3 cm³/mol. The van der Waals surface area contributed by atoms with Crippen LogP contribution in [0.4, 0.5) is 4.79 Å². The Kier molecular flexibility index (Phi) is 7.15. The van der Waals surface area contributed by atoms with E-state index in [-0.39, 0.29) is 17.9 Å². The highest BCUT2D eigenvalue weighted by atomic mass is 16.2. The molecule has 1 aliphatic carbocycles. The summed E-state index contributed by atoms with van der Waals surface area (Å²) in [5.41, 5.74) is 0. The summed E-state index contributed by atoms with van der Waals surface area (Å²) in [5, 5.41) is 5.88. The van der Waals surface area contributed by atoms with Gasteiger partial charge in [0.2, 0.25) is 5.91 Å². The molecule has 0 unspecified atom stereocenters. The Morgan fingerprint density at radius 3 is 2.39 bits per heavy atom. The van der Waals surface area contributed by atoms with Crippen LogP contribution in [0.2, 0.25) is 0 Å². The molecule has 0 aromatic rings. The van der Waals surface area contributed by atoms with Crippen molar-refractivity contribution < 1.29 is 9.59 Å². The molecule has 1 heterocycles. The molecule has 2 rings (SSSR count). The Balaban J connectivity index is 1.61. The van der Waals surface area contributed by atoms with Gasteiger partial charge in [-0.25, -0.2) is 4.79 Å². The highest BCUT2D eigenvalue weighted by Crippen LogP contribution is 2.23. The average Bonchev–Trinajstić information content (AvgIpc) is 2.59. The molecule has 0 aromatic carbocycles. The molecule has 6 nitrogen and oxygen atoms in total. The minimum atomic E-state index is -0.0107. The molecule has 2 aliphatic rings. The SMILES string of the molecule is CN(C)[C@@H]1CCCN(C(=O)NCCNC(=O)C2CCCCC2)C1. The van der Waals surface area contributed by atoms with Gasteiger partial charge >= 0.3 is 6.03 Å². The zero-order valence-electron chi connectivity index (χ0n) is 14.6. The minimum absolute atomic E-state index is 0.0107. The van der Waals surface area contributed by atoms with Crippen LogP contribution in [-0.4, -0.2) is 68.1 Å². The van der Waals surface area contributed by atoms with E-state index in [1.54, 1.807) is 0 Å². The molecule has 1 saturated heterocycles. The fraction of sp³-hybridized carbons (Fsp3) is 0.882. The number of carbonyl (C=O) groups excluding carboxylic acids is 2. The van der Waals surface area contributed by atoms with Gasteiger partial charge in [-0.2, -0.15) is 0 Å². The van der Waals surface area contributed by atoms with E-state index in [0.29, 0.717) is 19.1 Å². The molecular weight excluding hydrogens is 292 g/mol. The summed E-state index contributed by atoms with van der Waals surface area (Å²) in [6.07, 6.45) is 7.80. The number of amides is 3. The number of nitrogens with zero attached hydrogens (tertiary/aromatic N) is 2. The molecule has 3 amide bonds. The highest BCUT2D eigenvalue weighted by Gasteiger charge is 2.24. The van der Waals surface area contributed by atoms with Crippen molar-refractivity contribution in [3.8, 4) is 0 Å². The van der Waals surface area contributed by atoms with Gasteiger partial charge in [0.15, 0.2) is 0 Å². The molecule has 0 bridgehead atoms. The van der Waals surface area contributed by atoms with Crippen LogP contribution in [0.5, 0.6) is 0 Å². The number of hydrogen-bond acceptors (Lipinski definition) is 3. The molecule has 6 heteroatoms. The standard InChI is InChI=1S/C17H32N4O2/c1-20(2)15-9-6-12-21(13-15)17(23)19-11-10-18-16(22)14-7-4-3-5-8-14/h14-15H,3-13H2,1-2H3,(H,18,22)(H,19,23)/t15-/m1/s1. The van der Waals surface area contributed by atoms with E-state index in [0.717, 1.165) is 51.6 Å². The molecule has 1 atom stereocenters. The summed E-state index contributed by atoms with van der Waals surface area (Å²) in [4.78, 5) is 28.3. The second kappa shape index (κ2) is 9.11. The monoisotopic (exact) mass is 324 g/mol. The van der Waals surface area contributed by atoms with Crippen LogP contribution < -0.4 is 10.6 Å². The van der Waals surface area contributed by atoms with Crippen molar-refractivity contribution in [1.29, 1.82) is 0 Å². The number of rotatable bonds is 5. The second-order valence-electron chi connectivity index (χ2n) is 7.06. The quantitative estimate of drug-likeness (QED) is 0.752. The second-order valence-corrected chi connectivity index (χ2v) is 7.06. The fourth-order valence-electron chi connectivity index (χ4n) is 3.54. The van der Waals surface area contributed by atoms with Gasteiger partial charge in [0, 0.05) is 38.1 Å². The van der Waals surface area contributed by atoms with Gasteiger partial charge in [0.05, 0.1) is 0 Å². The first-order chi connectivity index (χ1) is 11.1. The maximum Gasteiger partial charge on any atom is 0.317 e. The number of nitrogens with one attached hydrogen (secondary N) is 2. The van der Waals surface area contributed by atoms with Gasteiger partial charge in [-0.15, -0.1) is 0 Å². The lowest BCUT2D eigenvalue weighted by molar-refractivity contribution is -0.125. The van der Waals surface area contributed by atoms with Crippen molar-refractivity contribution >= 4 is 11.9 Å². The molecule has 0 aromatic heterocycles. The first kappa shape index (κ1) is 18.0. The minimum Gasteiger partial charge on any atom is -0.354 e. The van der Waals surface area contributed by atoms with Crippen LogP contribution in [0.3, 0.4) is 0 Å². The van der Waals surface area contributed by atoms with Gasteiger partial charge in [-0.05, 0) is 39.8 Å². The molecule has 0 radical (unpaired) electrons. The third-order valence-electron chi connectivity index (χ3n) is 5.09. The van der Waals surface area contributed by atoms with Crippen molar-refractivity contribution in [1.82, 2.24) is 20.4 Å². The van der Waals surface area contributed by atoms with E-state index in [2.05, 4.69) is 29.6 Å². The number of carbonyl (C=O) groups is 2. The van der Waals surface area contributed by atoms with Crippen molar-refractivity contribution in [2.45, 2.75) is 51.0 Å². The van der Waals surface area contributed by atoms with Crippen molar-refractivity contribution in [3.05, 3.63) is 0 Å². The zero-order chi connectivity index (χ0) is 16.7. The Labute approximate surface area is 140 Å². The Morgan fingerprint density at radius 1 is 1.00 bits per heavy atom. The van der Waals surface area contributed by atoms with Crippen molar-refractivity contribution in [2.24, 2.45) is 5.92 Å². The largest absolute Gasteiger partial charge is 0.354 e. The predicted octanol–water partition coefficient (Wildman–Crippen LogP) is 1.42. The molecule has 132 valence electrons. The van der Waals surface area contributed by atoms with Crippen molar-refractivity contribution in [3.63, 3.8) is 0 Å². The van der Waals surface area contributed by atoms with Gasteiger partial charge in [0.1, 0.15) is 0 Å². The topological polar surface area (TPSA) is 64.7 Å². The number of hydrogen-bond donors (Lipinski definition) is 2. The lowest BCUT2D eigenvalue weighted by Crippen LogP contribution is -2.51. The molecule has 1 saturated carbocycles. The number of likely N-dealkylation sites (tertiary alicyclic amines) is 1. The summed E-state index contributed by atoms with van der Waals surface area (Å²) in [6, 6.07) is 0.434. The van der Waals surface area contributed by atoms with E-state index < -0.39 is 0 Å². The van der Waals surface area contributed by atoms with Crippen molar-refractivity contribution in [2.75, 3.05) is 40.3 Å². The summed E-state index contributed by atoms with van der Waals surface area (Å²) in [6.45, 7) is 2.63. The van der Waals surface area contributed by atoms with E-state index >= 15 is 0 Å². The molecule has 2 fully saturated rings.